The third-order valence-electron chi connectivity index (χ3n) is 3.39. The van der Waals surface area contributed by atoms with Crippen molar-refractivity contribution in [3.05, 3.63) is 29.8 Å². The molecule has 0 fully saturated rings. The van der Waals surface area contributed by atoms with Gasteiger partial charge < -0.3 is 20.8 Å². The summed E-state index contributed by atoms with van der Waals surface area (Å²) in [6.07, 6.45) is 5.11. The number of hydrogen-bond acceptors (Lipinski definition) is 5. The van der Waals surface area contributed by atoms with Crippen LogP contribution in [0.25, 0.3) is 0 Å². The molecule has 0 saturated heterocycles. The third-order valence-corrected chi connectivity index (χ3v) is 3.39. The van der Waals surface area contributed by atoms with Crippen LogP contribution in [-0.4, -0.2) is 36.1 Å². The van der Waals surface area contributed by atoms with Crippen molar-refractivity contribution in [1.29, 1.82) is 5.41 Å². The molecule has 138 valence electrons. The van der Waals surface area contributed by atoms with Crippen LogP contribution in [0.1, 0.15) is 38.7 Å². The average Bonchev–Trinajstić information content (AvgIpc) is 2.60. The standard InChI is InChI=1S/C19H23N3O4/c1-4-15(12-19(25)26-5-2)21-17(23)10-11-18(24)22-16-8-6-14(7-9-16)13(3)20/h1,6-9,15,20H,5,10-12H2,2-3H3,(H,21,23)(H,22,24). The summed E-state index contributed by atoms with van der Waals surface area (Å²) in [7, 11) is 0. The lowest BCUT2D eigenvalue weighted by Crippen LogP contribution is -2.36. The lowest BCUT2D eigenvalue weighted by Gasteiger charge is -2.12. The molecule has 0 bridgehead atoms. The number of anilines is 1. The van der Waals surface area contributed by atoms with E-state index in [-0.39, 0.29) is 31.8 Å². The van der Waals surface area contributed by atoms with Crippen molar-refractivity contribution in [3.8, 4) is 12.3 Å². The van der Waals surface area contributed by atoms with Crippen molar-refractivity contribution >= 4 is 29.2 Å². The van der Waals surface area contributed by atoms with E-state index in [1.807, 2.05) is 0 Å². The normalized spacial score (nSPS) is 11.0. The first kappa shape index (κ1) is 20.9. The Morgan fingerprint density at radius 2 is 1.81 bits per heavy atom. The van der Waals surface area contributed by atoms with E-state index in [9.17, 15) is 14.4 Å². The molecule has 0 aromatic heterocycles. The summed E-state index contributed by atoms with van der Waals surface area (Å²) in [5.41, 5.74) is 1.79. The lowest BCUT2D eigenvalue weighted by atomic mass is 10.1. The number of terminal acetylenes is 1. The molecule has 0 aliphatic carbocycles. The highest BCUT2D eigenvalue weighted by Crippen LogP contribution is 2.10. The zero-order chi connectivity index (χ0) is 19.5. The van der Waals surface area contributed by atoms with Gasteiger partial charge in [-0.2, -0.15) is 0 Å². The van der Waals surface area contributed by atoms with E-state index in [0.717, 1.165) is 5.56 Å². The highest BCUT2D eigenvalue weighted by Gasteiger charge is 2.15. The summed E-state index contributed by atoms with van der Waals surface area (Å²) < 4.78 is 4.78. The molecule has 0 aliphatic heterocycles. The van der Waals surface area contributed by atoms with E-state index in [0.29, 0.717) is 11.4 Å². The maximum Gasteiger partial charge on any atom is 0.308 e. The molecular formula is C19H23N3O4. The third kappa shape index (κ3) is 7.62. The van der Waals surface area contributed by atoms with Crippen LogP contribution in [-0.2, 0) is 19.1 Å². The summed E-state index contributed by atoms with van der Waals surface area (Å²) in [4.78, 5) is 35.2. The number of amides is 2. The fourth-order valence-corrected chi connectivity index (χ4v) is 2.06. The number of benzene rings is 1. The average molecular weight is 357 g/mol. The number of ether oxygens (including phenoxy) is 1. The van der Waals surface area contributed by atoms with Gasteiger partial charge in [0.25, 0.3) is 0 Å². The topological polar surface area (TPSA) is 108 Å². The predicted octanol–water partition coefficient (Wildman–Crippen LogP) is 1.86. The molecule has 0 saturated carbocycles. The van der Waals surface area contributed by atoms with Crippen LogP contribution >= 0.6 is 0 Å². The summed E-state index contributed by atoms with van der Waals surface area (Å²) >= 11 is 0. The van der Waals surface area contributed by atoms with E-state index >= 15 is 0 Å². The summed E-state index contributed by atoms with van der Waals surface area (Å²) in [5, 5.41) is 12.7. The van der Waals surface area contributed by atoms with Crippen LogP contribution in [0.4, 0.5) is 5.69 Å². The van der Waals surface area contributed by atoms with Crippen molar-refractivity contribution in [2.24, 2.45) is 0 Å². The second kappa shape index (κ2) is 10.7. The van der Waals surface area contributed by atoms with Gasteiger partial charge in [0, 0.05) is 24.2 Å². The fourth-order valence-electron chi connectivity index (χ4n) is 2.06. The second-order valence-corrected chi connectivity index (χ2v) is 5.55. The number of carbonyl (C=O) groups excluding carboxylic acids is 3. The molecule has 0 spiro atoms. The molecular weight excluding hydrogens is 334 g/mol. The van der Waals surface area contributed by atoms with Gasteiger partial charge in [0.1, 0.15) is 6.04 Å². The van der Waals surface area contributed by atoms with Crippen LogP contribution in [0.2, 0.25) is 0 Å². The smallest absolute Gasteiger partial charge is 0.308 e. The van der Waals surface area contributed by atoms with Crippen molar-refractivity contribution < 1.29 is 19.1 Å². The molecule has 7 nitrogen and oxygen atoms in total. The van der Waals surface area contributed by atoms with Crippen molar-refractivity contribution in [2.45, 2.75) is 39.2 Å². The van der Waals surface area contributed by atoms with Crippen LogP contribution < -0.4 is 10.6 Å². The van der Waals surface area contributed by atoms with E-state index in [2.05, 4.69) is 16.6 Å². The Bertz CT molecular complexity index is 704. The monoisotopic (exact) mass is 357 g/mol. The Labute approximate surface area is 153 Å². The quantitative estimate of drug-likeness (QED) is 0.356. The van der Waals surface area contributed by atoms with E-state index in [1.54, 1.807) is 38.1 Å². The molecule has 1 rings (SSSR count). The Morgan fingerprint density at radius 1 is 1.19 bits per heavy atom. The number of esters is 1. The van der Waals surface area contributed by atoms with Crippen molar-refractivity contribution in [1.82, 2.24) is 5.32 Å². The summed E-state index contributed by atoms with van der Waals surface area (Å²) in [6, 6.07) is 6.09. The zero-order valence-corrected chi connectivity index (χ0v) is 14.9. The molecule has 1 aromatic rings. The van der Waals surface area contributed by atoms with Crippen molar-refractivity contribution in [2.75, 3.05) is 11.9 Å². The molecule has 0 radical (unpaired) electrons. The summed E-state index contributed by atoms with van der Waals surface area (Å²) in [5.74, 6) is 1.09. The maximum absolute atomic E-state index is 11.9. The SMILES string of the molecule is C#CC(CC(=O)OCC)NC(=O)CCC(=O)Nc1ccc(C(C)=N)cc1. The van der Waals surface area contributed by atoms with Gasteiger partial charge >= 0.3 is 5.97 Å². The highest BCUT2D eigenvalue weighted by molar-refractivity contribution is 5.97. The molecule has 0 heterocycles. The number of rotatable bonds is 9. The first-order chi connectivity index (χ1) is 12.3. The molecule has 26 heavy (non-hydrogen) atoms. The minimum Gasteiger partial charge on any atom is -0.466 e. The first-order valence-corrected chi connectivity index (χ1v) is 8.22. The van der Waals surface area contributed by atoms with Gasteiger partial charge in [-0.05, 0) is 31.5 Å². The largest absolute Gasteiger partial charge is 0.466 e. The van der Waals surface area contributed by atoms with Crippen LogP contribution in [0.15, 0.2) is 24.3 Å². The summed E-state index contributed by atoms with van der Waals surface area (Å²) in [6.45, 7) is 3.60. The van der Waals surface area contributed by atoms with E-state index in [4.69, 9.17) is 16.6 Å². The minimum absolute atomic E-state index is 0.0200. The second-order valence-electron chi connectivity index (χ2n) is 5.55. The molecule has 1 atom stereocenters. The van der Waals surface area contributed by atoms with Gasteiger partial charge in [-0.1, -0.05) is 18.1 Å². The predicted molar refractivity (Wildman–Crippen MR) is 98.8 cm³/mol. The molecule has 3 N–H and O–H groups in total. The highest BCUT2D eigenvalue weighted by atomic mass is 16.5. The van der Waals surface area contributed by atoms with E-state index in [1.165, 1.54) is 0 Å². The Hall–Kier alpha value is -3.14. The van der Waals surface area contributed by atoms with Crippen LogP contribution in [0.3, 0.4) is 0 Å². The number of hydrogen-bond donors (Lipinski definition) is 3. The first-order valence-electron chi connectivity index (χ1n) is 8.22. The zero-order valence-electron chi connectivity index (χ0n) is 14.9. The van der Waals surface area contributed by atoms with Gasteiger partial charge in [-0.3, -0.25) is 14.4 Å². The molecule has 2 amide bonds. The van der Waals surface area contributed by atoms with E-state index < -0.39 is 17.9 Å². The molecule has 0 aliphatic rings. The maximum atomic E-state index is 11.9. The van der Waals surface area contributed by atoms with Gasteiger partial charge in [-0.25, -0.2) is 0 Å². The van der Waals surface area contributed by atoms with Crippen molar-refractivity contribution in [3.63, 3.8) is 0 Å². The minimum atomic E-state index is -0.762. The van der Waals surface area contributed by atoms with Gasteiger partial charge in [0.2, 0.25) is 11.8 Å². The number of nitrogens with one attached hydrogen (secondary N) is 3. The molecule has 1 aromatic carbocycles. The molecule has 7 heteroatoms. The Balaban J connectivity index is 2.41. The molecule has 1 unspecified atom stereocenters. The fraction of sp³-hybridized carbons (Fsp3) is 0.368. The lowest BCUT2D eigenvalue weighted by molar-refractivity contribution is -0.143. The van der Waals surface area contributed by atoms with Gasteiger partial charge in [0.05, 0.1) is 13.0 Å². The van der Waals surface area contributed by atoms with Crippen LogP contribution in [0.5, 0.6) is 0 Å². The van der Waals surface area contributed by atoms with Gasteiger partial charge in [0.15, 0.2) is 0 Å². The number of carbonyl (C=O) groups is 3. The Morgan fingerprint density at radius 3 is 2.35 bits per heavy atom. The Kier molecular flexibility index (Phi) is 8.58. The van der Waals surface area contributed by atoms with Gasteiger partial charge in [-0.15, -0.1) is 6.42 Å². The van der Waals surface area contributed by atoms with Crippen LogP contribution in [0, 0.1) is 17.8 Å².